The molecule has 0 atom stereocenters. The van der Waals surface area contributed by atoms with Gasteiger partial charge in [0.05, 0.1) is 5.56 Å². The lowest BCUT2D eigenvalue weighted by Crippen LogP contribution is -2.15. The van der Waals surface area contributed by atoms with Crippen LogP contribution < -0.4 is 9.47 Å². The first-order valence-corrected chi connectivity index (χ1v) is 6.70. The van der Waals surface area contributed by atoms with Crippen molar-refractivity contribution in [3.05, 3.63) is 65.2 Å². The molecule has 0 saturated heterocycles. The fourth-order valence-corrected chi connectivity index (χ4v) is 2.11. The molecule has 1 aliphatic heterocycles. The van der Waals surface area contributed by atoms with E-state index < -0.39 is 17.4 Å². The monoisotopic (exact) mass is 302 g/mol. The first-order valence-electron chi connectivity index (χ1n) is 6.70. The molecular weight excluding hydrogens is 290 g/mol. The summed E-state index contributed by atoms with van der Waals surface area (Å²) < 4.78 is 37.4. The Hall–Kier alpha value is -2.69. The van der Waals surface area contributed by atoms with Crippen LogP contribution in [0.3, 0.4) is 0 Å². The molecule has 112 valence electrons. The third-order valence-electron chi connectivity index (χ3n) is 3.19. The van der Waals surface area contributed by atoms with Crippen LogP contribution in [0.15, 0.2) is 42.5 Å². The van der Waals surface area contributed by atoms with Crippen molar-refractivity contribution in [1.82, 2.24) is 0 Å². The maximum Gasteiger partial charge on any atom is 0.188 e. The molecule has 0 radical (unpaired) electrons. The SMILES string of the molecule is O=C(C=Cc1ccc2c(c1)OCCO2)c1cc(F)ccc1F. The van der Waals surface area contributed by atoms with E-state index >= 15 is 0 Å². The third-order valence-corrected chi connectivity index (χ3v) is 3.19. The van der Waals surface area contributed by atoms with E-state index in [1.807, 2.05) is 0 Å². The number of carbonyl (C=O) groups excluding carboxylic acids is 1. The quantitative estimate of drug-likeness (QED) is 0.641. The van der Waals surface area contributed by atoms with Gasteiger partial charge < -0.3 is 9.47 Å². The van der Waals surface area contributed by atoms with Crippen molar-refractivity contribution in [3.8, 4) is 11.5 Å². The van der Waals surface area contributed by atoms with Gasteiger partial charge in [0, 0.05) is 0 Å². The van der Waals surface area contributed by atoms with E-state index in [-0.39, 0.29) is 5.56 Å². The Labute approximate surface area is 125 Å². The van der Waals surface area contributed by atoms with Gasteiger partial charge in [0.25, 0.3) is 0 Å². The van der Waals surface area contributed by atoms with Crippen LogP contribution in [0, 0.1) is 11.6 Å². The molecule has 3 nitrogen and oxygen atoms in total. The largest absolute Gasteiger partial charge is 0.486 e. The maximum atomic E-state index is 13.5. The summed E-state index contributed by atoms with van der Waals surface area (Å²) in [6.07, 6.45) is 2.72. The van der Waals surface area contributed by atoms with Gasteiger partial charge in [0.1, 0.15) is 24.8 Å². The summed E-state index contributed by atoms with van der Waals surface area (Å²) in [5.41, 5.74) is 0.406. The van der Waals surface area contributed by atoms with Crippen LogP contribution in [0.2, 0.25) is 0 Å². The first kappa shape index (κ1) is 14.3. The number of benzene rings is 2. The van der Waals surface area contributed by atoms with E-state index in [0.29, 0.717) is 30.3 Å². The number of ketones is 1. The second-order valence-corrected chi connectivity index (χ2v) is 4.72. The summed E-state index contributed by atoms with van der Waals surface area (Å²) in [7, 11) is 0. The van der Waals surface area contributed by atoms with Gasteiger partial charge in [0.2, 0.25) is 0 Å². The van der Waals surface area contributed by atoms with Gasteiger partial charge in [-0.05, 0) is 42.0 Å². The van der Waals surface area contributed by atoms with Gasteiger partial charge >= 0.3 is 0 Å². The molecule has 0 unspecified atom stereocenters. The molecule has 0 N–H and O–H groups in total. The highest BCUT2D eigenvalue weighted by atomic mass is 19.1. The summed E-state index contributed by atoms with van der Waals surface area (Å²) in [6.45, 7) is 0.965. The molecule has 0 amide bonds. The zero-order valence-corrected chi connectivity index (χ0v) is 11.5. The number of carbonyl (C=O) groups is 1. The molecule has 0 fully saturated rings. The molecule has 1 aliphatic rings. The molecule has 5 heteroatoms. The van der Waals surface area contributed by atoms with Crippen molar-refractivity contribution < 1.29 is 23.0 Å². The molecule has 3 rings (SSSR count). The van der Waals surface area contributed by atoms with Crippen LogP contribution in [-0.2, 0) is 0 Å². The smallest absolute Gasteiger partial charge is 0.188 e. The van der Waals surface area contributed by atoms with Gasteiger partial charge in [-0.15, -0.1) is 0 Å². The second-order valence-electron chi connectivity index (χ2n) is 4.72. The van der Waals surface area contributed by atoms with Crippen molar-refractivity contribution >= 4 is 11.9 Å². The van der Waals surface area contributed by atoms with Gasteiger partial charge in [0.15, 0.2) is 17.3 Å². The molecule has 1 heterocycles. The van der Waals surface area contributed by atoms with Crippen LogP contribution in [0.4, 0.5) is 8.78 Å². The van der Waals surface area contributed by atoms with E-state index in [1.54, 1.807) is 18.2 Å². The Bertz CT molecular complexity index is 754. The van der Waals surface area contributed by atoms with Crippen LogP contribution in [0.25, 0.3) is 6.08 Å². The number of halogens is 2. The predicted octanol–water partition coefficient (Wildman–Crippen LogP) is 3.63. The number of hydrogen-bond donors (Lipinski definition) is 0. The number of hydrogen-bond acceptors (Lipinski definition) is 3. The van der Waals surface area contributed by atoms with Gasteiger partial charge in [-0.3, -0.25) is 4.79 Å². The Kier molecular flexibility index (Phi) is 3.87. The Morgan fingerprint density at radius 3 is 2.59 bits per heavy atom. The summed E-state index contributed by atoms with van der Waals surface area (Å²) in [4.78, 5) is 11.9. The molecule has 0 bridgehead atoms. The van der Waals surface area contributed by atoms with E-state index in [4.69, 9.17) is 9.47 Å². The van der Waals surface area contributed by atoms with E-state index in [1.165, 1.54) is 12.2 Å². The van der Waals surface area contributed by atoms with Crippen molar-refractivity contribution in [2.45, 2.75) is 0 Å². The van der Waals surface area contributed by atoms with Gasteiger partial charge in [-0.2, -0.15) is 0 Å². The van der Waals surface area contributed by atoms with Crippen LogP contribution in [0.1, 0.15) is 15.9 Å². The lowest BCUT2D eigenvalue weighted by molar-refractivity contribution is 0.104. The molecule has 22 heavy (non-hydrogen) atoms. The second kappa shape index (κ2) is 5.97. The maximum absolute atomic E-state index is 13.5. The van der Waals surface area contributed by atoms with E-state index in [9.17, 15) is 13.6 Å². The zero-order chi connectivity index (χ0) is 15.5. The van der Waals surface area contributed by atoms with Crippen molar-refractivity contribution in [3.63, 3.8) is 0 Å². The Balaban J connectivity index is 1.81. The molecule has 0 saturated carbocycles. The van der Waals surface area contributed by atoms with Crippen molar-refractivity contribution in [2.75, 3.05) is 13.2 Å². The number of ether oxygens (including phenoxy) is 2. The van der Waals surface area contributed by atoms with Crippen molar-refractivity contribution in [1.29, 1.82) is 0 Å². The standard InChI is InChI=1S/C17H12F2O3/c18-12-3-4-14(19)13(10-12)15(20)5-1-11-2-6-16-17(9-11)22-8-7-21-16/h1-6,9-10H,7-8H2. The topological polar surface area (TPSA) is 35.5 Å². The zero-order valence-electron chi connectivity index (χ0n) is 11.5. The number of fused-ring (bicyclic) bond motifs is 1. The van der Waals surface area contributed by atoms with Crippen LogP contribution in [0.5, 0.6) is 11.5 Å². The van der Waals surface area contributed by atoms with Gasteiger partial charge in [-0.25, -0.2) is 8.78 Å². The van der Waals surface area contributed by atoms with Crippen molar-refractivity contribution in [2.24, 2.45) is 0 Å². The normalized spacial score (nSPS) is 13.4. The third kappa shape index (κ3) is 2.98. The minimum absolute atomic E-state index is 0.297. The van der Waals surface area contributed by atoms with Crippen LogP contribution >= 0.6 is 0 Å². The Morgan fingerprint density at radius 2 is 1.77 bits per heavy atom. The average molecular weight is 302 g/mol. The van der Waals surface area contributed by atoms with E-state index in [0.717, 1.165) is 18.2 Å². The highest BCUT2D eigenvalue weighted by Crippen LogP contribution is 2.31. The predicted molar refractivity (Wildman–Crippen MR) is 77.2 cm³/mol. The molecule has 2 aromatic carbocycles. The lowest BCUT2D eigenvalue weighted by atomic mass is 10.1. The lowest BCUT2D eigenvalue weighted by Gasteiger charge is -2.18. The summed E-state index contributed by atoms with van der Waals surface area (Å²) in [5, 5.41) is 0. The van der Waals surface area contributed by atoms with E-state index in [2.05, 4.69) is 0 Å². The highest BCUT2D eigenvalue weighted by Gasteiger charge is 2.12. The number of allylic oxidation sites excluding steroid dienone is 1. The minimum Gasteiger partial charge on any atom is -0.486 e. The average Bonchev–Trinajstić information content (AvgIpc) is 2.54. The fraction of sp³-hybridized carbons (Fsp3) is 0.118. The summed E-state index contributed by atoms with van der Waals surface area (Å²) >= 11 is 0. The molecular formula is C17H12F2O3. The molecule has 0 spiro atoms. The first-order chi connectivity index (χ1) is 10.6. The summed E-state index contributed by atoms with van der Waals surface area (Å²) in [6, 6.07) is 7.99. The van der Waals surface area contributed by atoms with Gasteiger partial charge in [-0.1, -0.05) is 12.1 Å². The molecule has 0 aliphatic carbocycles. The van der Waals surface area contributed by atoms with Crippen LogP contribution in [-0.4, -0.2) is 19.0 Å². The molecule has 2 aromatic rings. The highest BCUT2D eigenvalue weighted by molar-refractivity contribution is 6.07. The fourth-order valence-electron chi connectivity index (χ4n) is 2.11. The summed E-state index contributed by atoms with van der Waals surface area (Å²) in [5.74, 6) is -0.772. The Morgan fingerprint density at radius 1 is 1.00 bits per heavy atom. The number of rotatable bonds is 3. The molecule has 0 aromatic heterocycles. The minimum atomic E-state index is -0.752.